The van der Waals surface area contributed by atoms with E-state index in [0.717, 1.165) is 93.7 Å². The minimum absolute atomic E-state index is 0.529. The van der Waals surface area contributed by atoms with Crippen LogP contribution in [0.2, 0.25) is 0 Å². The zero-order chi connectivity index (χ0) is 38.6. The molecule has 1 aliphatic heterocycles. The van der Waals surface area contributed by atoms with Crippen LogP contribution in [0.1, 0.15) is 0 Å². The summed E-state index contributed by atoms with van der Waals surface area (Å²) in [4.78, 5) is 18.5. The number of nitrogens with zero attached hydrogens (tertiary/aromatic N) is 5. The summed E-state index contributed by atoms with van der Waals surface area (Å²) in [5, 5.41) is 9.00. The normalized spacial score (nSPS) is 12.4. The predicted octanol–water partition coefficient (Wildman–Crippen LogP) is 14.0. The van der Waals surface area contributed by atoms with Gasteiger partial charge in [0.1, 0.15) is 11.2 Å². The Balaban J connectivity index is 1.13. The zero-order valence-electron chi connectivity index (χ0n) is 31.5. The van der Waals surface area contributed by atoms with Gasteiger partial charge in [0.2, 0.25) is 5.95 Å². The van der Waals surface area contributed by atoms with E-state index in [0.29, 0.717) is 17.6 Å². The molecular weight excluding hydrogens is 723 g/mol. The molecule has 0 bridgehead atoms. The van der Waals surface area contributed by atoms with Crippen molar-refractivity contribution in [3.63, 3.8) is 0 Å². The second-order valence-corrected chi connectivity index (χ2v) is 15.2. The first-order valence-electron chi connectivity index (χ1n) is 19.9. The molecule has 0 unspecified atom stereocenters. The fourth-order valence-electron chi connectivity index (χ4n) is 9.38. The summed E-state index contributed by atoms with van der Waals surface area (Å²) in [6.45, 7) is 0. The molecular formula is C53H31N5O. The maximum Gasteiger partial charge on any atom is 0.238 e. The number of hydrogen-bond acceptors (Lipinski definition) is 5. The summed E-state index contributed by atoms with van der Waals surface area (Å²) in [5.41, 5.74) is 10.9. The van der Waals surface area contributed by atoms with Crippen molar-refractivity contribution in [2.45, 2.75) is 0 Å². The molecule has 6 nitrogen and oxygen atoms in total. The standard InChI is InChI=1S/C53H31N5O/c1-2-16-35(17-3-1)57-44-24-8-6-19-37(44)38-29-28-34(31-46(38)57)51-54-52(43-23-12-22-42-39-20-7-9-26-47(39)59-50(42)43)56-53(55-51)58-45-25-11-15-33-14-10-21-40(48(33)45)41-30-27-32-13-4-5-18-36(32)49(41)58/h1-31H. The van der Waals surface area contributed by atoms with Gasteiger partial charge in [-0.25, -0.2) is 4.98 Å². The molecule has 4 heterocycles. The van der Waals surface area contributed by atoms with Gasteiger partial charge in [-0.05, 0) is 58.8 Å². The van der Waals surface area contributed by atoms with Gasteiger partial charge in [-0.1, -0.05) is 146 Å². The molecule has 0 radical (unpaired) electrons. The van der Waals surface area contributed by atoms with Crippen molar-refractivity contribution < 1.29 is 4.42 Å². The minimum Gasteiger partial charge on any atom is -0.455 e. The quantitative estimate of drug-likeness (QED) is 0.179. The average molecular weight is 754 g/mol. The third-order valence-corrected chi connectivity index (χ3v) is 12.0. The second kappa shape index (κ2) is 12.2. The third kappa shape index (κ3) is 4.65. The van der Waals surface area contributed by atoms with Crippen molar-refractivity contribution in [2.75, 3.05) is 4.90 Å². The first-order chi connectivity index (χ1) is 29.3. The van der Waals surface area contributed by atoms with E-state index in [4.69, 9.17) is 19.4 Å². The zero-order valence-corrected chi connectivity index (χ0v) is 31.5. The highest BCUT2D eigenvalue weighted by Crippen LogP contribution is 2.53. The Morgan fingerprint density at radius 3 is 2.03 bits per heavy atom. The molecule has 0 aliphatic carbocycles. The van der Waals surface area contributed by atoms with Crippen molar-refractivity contribution in [3.05, 3.63) is 188 Å². The summed E-state index contributed by atoms with van der Waals surface area (Å²) in [7, 11) is 0. The largest absolute Gasteiger partial charge is 0.455 e. The highest BCUT2D eigenvalue weighted by molar-refractivity contribution is 6.18. The Bertz CT molecular complexity index is 3690. The van der Waals surface area contributed by atoms with E-state index in [2.05, 4.69) is 179 Å². The Morgan fingerprint density at radius 2 is 1.12 bits per heavy atom. The Morgan fingerprint density at radius 1 is 0.424 bits per heavy atom. The molecule has 0 atom stereocenters. The number of anilines is 3. The van der Waals surface area contributed by atoms with Gasteiger partial charge < -0.3 is 8.98 Å². The van der Waals surface area contributed by atoms with Crippen LogP contribution in [0.3, 0.4) is 0 Å². The number of aromatic nitrogens is 4. The molecule has 0 spiro atoms. The highest BCUT2D eigenvalue weighted by Gasteiger charge is 2.31. The summed E-state index contributed by atoms with van der Waals surface area (Å²) in [6, 6.07) is 66.1. The molecule has 9 aromatic carbocycles. The van der Waals surface area contributed by atoms with E-state index in [1.807, 2.05) is 18.2 Å². The maximum atomic E-state index is 6.61. The third-order valence-electron chi connectivity index (χ3n) is 12.0. The molecule has 0 N–H and O–H groups in total. The molecule has 6 heteroatoms. The van der Waals surface area contributed by atoms with Crippen LogP contribution in [-0.2, 0) is 0 Å². The molecule has 0 amide bonds. The number of fused-ring (bicyclic) bond motifs is 10. The van der Waals surface area contributed by atoms with Crippen LogP contribution in [-0.4, -0.2) is 19.5 Å². The Hall–Kier alpha value is -8.09. The fourth-order valence-corrected chi connectivity index (χ4v) is 9.38. The lowest BCUT2D eigenvalue weighted by molar-refractivity contribution is 0.669. The van der Waals surface area contributed by atoms with Crippen LogP contribution in [0.4, 0.5) is 17.3 Å². The SMILES string of the molecule is c1ccc(-n2c3ccccc3c3ccc(-c4nc(-c5cccc6c5oc5ccccc56)nc(N5c6c(ccc7ccccc67)-c6cccc7cccc5c67)n4)cc32)cc1. The van der Waals surface area contributed by atoms with E-state index in [-0.39, 0.29) is 0 Å². The van der Waals surface area contributed by atoms with Gasteiger partial charge in [0.05, 0.1) is 28.0 Å². The lowest BCUT2D eigenvalue weighted by Crippen LogP contribution is -2.19. The first kappa shape index (κ1) is 32.0. The minimum atomic E-state index is 0.529. The molecule has 0 saturated heterocycles. The lowest BCUT2D eigenvalue weighted by Gasteiger charge is -2.33. The summed E-state index contributed by atoms with van der Waals surface area (Å²) >= 11 is 0. The molecule has 3 aromatic heterocycles. The first-order valence-corrected chi connectivity index (χ1v) is 19.9. The highest BCUT2D eigenvalue weighted by atomic mass is 16.3. The number of rotatable bonds is 4. The topological polar surface area (TPSA) is 60.0 Å². The number of benzene rings is 9. The van der Waals surface area contributed by atoms with E-state index in [9.17, 15) is 0 Å². The van der Waals surface area contributed by atoms with Gasteiger partial charge in [0.15, 0.2) is 11.6 Å². The van der Waals surface area contributed by atoms with Crippen molar-refractivity contribution >= 4 is 82.6 Å². The van der Waals surface area contributed by atoms with Crippen molar-refractivity contribution in [1.82, 2.24) is 19.5 Å². The fraction of sp³-hybridized carbons (Fsp3) is 0. The van der Waals surface area contributed by atoms with Crippen LogP contribution in [0.15, 0.2) is 192 Å². The maximum absolute atomic E-state index is 6.61. The van der Waals surface area contributed by atoms with Gasteiger partial charge in [-0.15, -0.1) is 0 Å². The van der Waals surface area contributed by atoms with E-state index < -0.39 is 0 Å². The van der Waals surface area contributed by atoms with Crippen LogP contribution < -0.4 is 4.90 Å². The number of furan rings is 1. The van der Waals surface area contributed by atoms with Gasteiger partial charge >= 0.3 is 0 Å². The molecule has 1 aliphatic rings. The summed E-state index contributed by atoms with van der Waals surface area (Å²) in [5.74, 6) is 1.63. The number of para-hydroxylation sites is 4. The molecule has 12 aromatic rings. The predicted molar refractivity (Wildman–Crippen MR) is 241 cm³/mol. The molecule has 0 fully saturated rings. The number of hydrogen-bond donors (Lipinski definition) is 0. The molecule has 274 valence electrons. The molecule has 13 rings (SSSR count). The summed E-state index contributed by atoms with van der Waals surface area (Å²) in [6.07, 6.45) is 0. The second-order valence-electron chi connectivity index (χ2n) is 15.2. The monoisotopic (exact) mass is 753 g/mol. The van der Waals surface area contributed by atoms with Gasteiger partial charge in [0, 0.05) is 49.1 Å². The van der Waals surface area contributed by atoms with E-state index >= 15 is 0 Å². The smallest absolute Gasteiger partial charge is 0.238 e. The van der Waals surface area contributed by atoms with Crippen LogP contribution >= 0.6 is 0 Å². The van der Waals surface area contributed by atoms with Crippen LogP contribution in [0, 0.1) is 0 Å². The van der Waals surface area contributed by atoms with Crippen LogP contribution in [0.5, 0.6) is 0 Å². The van der Waals surface area contributed by atoms with Gasteiger partial charge in [-0.3, -0.25) is 4.90 Å². The van der Waals surface area contributed by atoms with Crippen LogP contribution in [0.25, 0.3) is 105 Å². The molecule has 59 heavy (non-hydrogen) atoms. The van der Waals surface area contributed by atoms with Crippen molar-refractivity contribution in [1.29, 1.82) is 0 Å². The van der Waals surface area contributed by atoms with E-state index in [1.165, 1.54) is 10.9 Å². The van der Waals surface area contributed by atoms with Crippen molar-refractivity contribution in [3.8, 4) is 39.6 Å². The summed E-state index contributed by atoms with van der Waals surface area (Å²) < 4.78 is 8.95. The lowest BCUT2D eigenvalue weighted by atomic mass is 9.89. The Labute approximate surface area is 337 Å². The average Bonchev–Trinajstić information content (AvgIpc) is 3.85. The van der Waals surface area contributed by atoms with Gasteiger partial charge in [-0.2, -0.15) is 9.97 Å². The molecule has 0 saturated carbocycles. The van der Waals surface area contributed by atoms with E-state index in [1.54, 1.807) is 0 Å². The van der Waals surface area contributed by atoms with Crippen molar-refractivity contribution in [2.24, 2.45) is 0 Å². The van der Waals surface area contributed by atoms with Gasteiger partial charge in [0.25, 0.3) is 0 Å². The Kier molecular flexibility index (Phi) is 6.63.